The molecule has 1 amide bonds. The van der Waals surface area contributed by atoms with Gasteiger partial charge in [-0.1, -0.05) is 40.6 Å². The maximum Gasteiger partial charge on any atom is 0.276 e. The van der Waals surface area contributed by atoms with Crippen LogP contribution in [0.3, 0.4) is 0 Å². The summed E-state index contributed by atoms with van der Waals surface area (Å²) >= 11 is 0. The van der Waals surface area contributed by atoms with Crippen molar-refractivity contribution in [3.05, 3.63) is 53.7 Å². The number of aryl methyl sites for hydroxylation is 1. The van der Waals surface area contributed by atoms with E-state index in [2.05, 4.69) is 15.3 Å². The lowest BCUT2D eigenvalue weighted by atomic mass is 10.2. The fraction of sp³-hybridized carbons (Fsp3) is 0.294. The van der Waals surface area contributed by atoms with E-state index in [4.69, 9.17) is 13.8 Å². The van der Waals surface area contributed by atoms with Gasteiger partial charge in [0.2, 0.25) is 5.82 Å². The Labute approximate surface area is 143 Å². The van der Waals surface area contributed by atoms with E-state index in [1.165, 1.54) is 0 Å². The number of morpholine rings is 1. The molecule has 1 aliphatic heterocycles. The second-order valence-corrected chi connectivity index (χ2v) is 5.73. The van der Waals surface area contributed by atoms with Crippen LogP contribution < -0.4 is 0 Å². The van der Waals surface area contributed by atoms with Crippen LogP contribution in [0.1, 0.15) is 28.2 Å². The van der Waals surface area contributed by atoms with E-state index in [0.717, 1.165) is 5.56 Å². The van der Waals surface area contributed by atoms with E-state index in [9.17, 15) is 4.79 Å². The zero-order valence-corrected chi connectivity index (χ0v) is 13.6. The molecule has 128 valence electrons. The van der Waals surface area contributed by atoms with E-state index >= 15 is 0 Å². The molecule has 8 nitrogen and oxygen atoms in total. The minimum absolute atomic E-state index is 0.246. The van der Waals surface area contributed by atoms with Crippen LogP contribution in [-0.2, 0) is 4.74 Å². The first-order valence-electron chi connectivity index (χ1n) is 7.93. The summed E-state index contributed by atoms with van der Waals surface area (Å²) in [5.41, 5.74) is 1.10. The number of ether oxygens (including phenoxy) is 1. The second kappa shape index (κ2) is 6.48. The Kier molecular flexibility index (Phi) is 4.02. The number of benzene rings is 1. The number of carbonyl (C=O) groups excluding carboxylic acids is 1. The third kappa shape index (κ3) is 3.03. The summed E-state index contributed by atoms with van der Waals surface area (Å²) < 4.78 is 15.9. The van der Waals surface area contributed by atoms with Gasteiger partial charge >= 0.3 is 0 Å². The van der Waals surface area contributed by atoms with E-state index < -0.39 is 6.04 Å². The number of hydrogen-bond acceptors (Lipinski definition) is 7. The summed E-state index contributed by atoms with van der Waals surface area (Å²) in [6, 6.07) is 10.7. The number of amides is 1. The fourth-order valence-corrected chi connectivity index (χ4v) is 2.74. The van der Waals surface area contributed by atoms with Gasteiger partial charge in [0, 0.05) is 18.2 Å². The van der Waals surface area contributed by atoms with Gasteiger partial charge in [0.15, 0.2) is 5.69 Å². The van der Waals surface area contributed by atoms with Crippen LogP contribution in [0.25, 0.3) is 11.4 Å². The number of carbonyl (C=O) groups is 1. The average Bonchev–Trinajstić information content (AvgIpc) is 3.31. The SMILES string of the molecule is Cc1cc(C(=O)N2CCOC[C@H]2c2nc(-c3ccccc3)no2)no1. The Bertz CT molecular complexity index is 874. The van der Waals surface area contributed by atoms with Crippen molar-refractivity contribution in [2.45, 2.75) is 13.0 Å². The fourth-order valence-electron chi connectivity index (χ4n) is 2.74. The quantitative estimate of drug-likeness (QED) is 0.721. The molecule has 25 heavy (non-hydrogen) atoms. The van der Waals surface area contributed by atoms with Crippen molar-refractivity contribution in [3.8, 4) is 11.4 Å². The lowest BCUT2D eigenvalue weighted by molar-refractivity contribution is -0.0123. The van der Waals surface area contributed by atoms with Crippen molar-refractivity contribution in [1.29, 1.82) is 0 Å². The lowest BCUT2D eigenvalue weighted by Gasteiger charge is -2.32. The monoisotopic (exact) mass is 340 g/mol. The Morgan fingerprint density at radius 3 is 2.80 bits per heavy atom. The number of rotatable bonds is 3. The summed E-state index contributed by atoms with van der Waals surface area (Å²) in [5, 5.41) is 7.82. The Hall–Kier alpha value is -3.00. The first-order chi connectivity index (χ1) is 12.2. The highest BCUT2D eigenvalue weighted by atomic mass is 16.5. The van der Waals surface area contributed by atoms with Crippen molar-refractivity contribution in [1.82, 2.24) is 20.2 Å². The zero-order valence-electron chi connectivity index (χ0n) is 13.6. The molecule has 1 aliphatic rings. The molecule has 1 saturated heterocycles. The van der Waals surface area contributed by atoms with Gasteiger partial charge in [0.1, 0.15) is 11.8 Å². The standard InChI is InChI=1S/C17H16N4O4/c1-11-9-13(19-24-11)17(22)21-7-8-23-10-14(21)16-18-15(20-25-16)12-5-3-2-4-6-12/h2-6,9,14H,7-8,10H2,1H3/t14-/m0/s1. The van der Waals surface area contributed by atoms with Crippen LogP contribution in [0.2, 0.25) is 0 Å². The van der Waals surface area contributed by atoms with Gasteiger partial charge in [-0.3, -0.25) is 4.79 Å². The smallest absolute Gasteiger partial charge is 0.276 e. The molecule has 0 bridgehead atoms. The van der Waals surface area contributed by atoms with Crippen LogP contribution in [0.5, 0.6) is 0 Å². The van der Waals surface area contributed by atoms with Gasteiger partial charge in [0.25, 0.3) is 11.8 Å². The summed E-state index contributed by atoms with van der Waals surface area (Å²) in [7, 11) is 0. The normalized spacial score (nSPS) is 17.6. The summed E-state index contributed by atoms with van der Waals surface area (Å²) in [4.78, 5) is 18.8. The van der Waals surface area contributed by atoms with Gasteiger partial charge in [-0.15, -0.1) is 0 Å². The first-order valence-corrected chi connectivity index (χ1v) is 7.93. The highest BCUT2D eigenvalue weighted by Gasteiger charge is 2.34. The number of nitrogens with zero attached hydrogens (tertiary/aromatic N) is 4. The molecular formula is C17H16N4O4. The molecule has 0 unspecified atom stereocenters. The molecule has 8 heteroatoms. The van der Waals surface area contributed by atoms with Crippen LogP contribution in [0.15, 0.2) is 45.4 Å². The maximum absolute atomic E-state index is 12.7. The van der Waals surface area contributed by atoms with Crippen LogP contribution in [0.4, 0.5) is 0 Å². The van der Waals surface area contributed by atoms with Gasteiger partial charge in [-0.2, -0.15) is 4.98 Å². The predicted octanol–water partition coefficient (Wildman–Crippen LogP) is 2.25. The Morgan fingerprint density at radius 2 is 2.04 bits per heavy atom. The highest BCUT2D eigenvalue weighted by Crippen LogP contribution is 2.26. The average molecular weight is 340 g/mol. The number of aromatic nitrogens is 3. The summed E-state index contributed by atoms with van der Waals surface area (Å²) in [6.45, 7) is 2.89. The number of hydrogen-bond donors (Lipinski definition) is 0. The van der Waals surface area contributed by atoms with Crippen LogP contribution in [0, 0.1) is 6.92 Å². The zero-order chi connectivity index (χ0) is 17.2. The molecule has 3 heterocycles. The van der Waals surface area contributed by atoms with E-state index in [-0.39, 0.29) is 11.6 Å². The van der Waals surface area contributed by atoms with Crippen LogP contribution in [-0.4, -0.2) is 45.9 Å². The van der Waals surface area contributed by atoms with Crippen molar-refractivity contribution < 1.29 is 18.6 Å². The molecule has 1 fully saturated rings. The second-order valence-electron chi connectivity index (χ2n) is 5.73. The van der Waals surface area contributed by atoms with Crippen LogP contribution >= 0.6 is 0 Å². The minimum Gasteiger partial charge on any atom is -0.377 e. The Balaban J connectivity index is 1.61. The minimum atomic E-state index is -0.455. The summed E-state index contributed by atoms with van der Waals surface area (Å²) in [6.07, 6.45) is 0. The topological polar surface area (TPSA) is 94.5 Å². The molecule has 1 aromatic carbocycles. The molecule has 3 aromatic rings. The molecule has 0 aliphatic carbocycles. The van der Waals surface area contributed by atoms with Crippen molar-refractivity contribution in [3.63, 3.8) is 0 Å². The van der Waals surface area contributed by atoms with Gasteiger partial charge in [-0.25, -0.2) is 0 Å². The third-order valence-electron chi connectivity index (χ3n) is 4.00. The Morgan fingerprint density at radius 1 is 1.20 bits per heavy atom. The predicted molar refractivity (Wildman–Crippen MR) is 85.6 cm³/mol. The molecule has 2 aromatic heterocycles. The molecule has 0 spiro atoms. The van der Waals surface area contributed by atoms with E-state index in [1.54, 1.807) is 17.9 Å². The molecule has 0 saturated carbocycles. The lowest BCUT2D eigenvalue weighted by Crippen LogP contribution is -2.43. The third-order valence-corrected chi connectivity index (χ3v) is 4.00. The van der Waals surface area contributed by atoms with Gasteiger partial charge < -0.3 is 18.7 Å². The van der Waals surface area contributed by atoms with E-state index in [1.807, 2.05) is 30.3 Å². The molecule has 0 N–H and O–H groups in total. The summed E-state index contributed by atoms with van der Waals surface area (Å²) in [5.74, 6) is 1.15. The molecule has 1 atom stereocenters. The van der Waals surface area contributed by atoms with Crippen molar-refractivity contribution in [2.24, 2.45) is 0 Å². The van der Waals surface area contributed by atoms with E-state index in [0.29, 0.717) is 37.2 Å². The molecule has 0 radical (unpaired) electrons. The largest absolute Gasteiger partial charge is 0.377 e. The highest BCUT2D eigenvalue weighted by molar-refractivity contribution is 5.92. The first kappa shape index (κ1) is 15.5. The van der Waals surface area contributed by atoms with Crippen molar-refractivity contribution in [2.75, 3.05) is 19.8 Å². The van der Waals surface area contributed by atoms with Crippen molar-refractivity contribution >= 4 is 5.91 Å². The molecular weight excluding hydrogens is 324 g/mol. The molecule has 4 rings (SSSR count). The maximum atomic E-state index is 12.7. The van der Waals surface area contributed by atoms with Gasteiger partial charge in [0.05, 0.1) is 13.2 Å². The van der Waals surface area contributed by atoms with Gasteiger partial charge in [-0.05, 0) is 6.92 Å².